The first kappa shape index (κ1) is 16.3. The number of likely N-dealkylation sites (tertiary alicyclic amines) is 2. The molecule has 0 spiro atoms. The molecule has 6 nitrogen and oxygen atoms in total. The molecule has 128 valence electrons. The van der Waals surface area contributed by atoms with Crippen LogP contribution in [0.4, 0.5) is 8.78 Å². The fourth-order valence-corrected chi connectivity index (χ4v) is 3.63. The number of halogens is 2. The Labute approximate surface area is 133 Å². The van der Waals surface area contributed by atoms with Crippen molar-refractivity contribution in [3.05, 3.63) is 18.0 Å². The van der Waals surface area contributed by atoms with E-state index in [0.29, 0.717) is 31.5 Å². The van der Waals surface area contributed by atoms with Crippen LogP contribution in [-0.2, 0) is 7.05 Å². The summed E-state index contributed by atoms with van der Waals surface area (Å²) in [7, 11) is 1.76. The van der Waals surface area contributed by atoms with Crippen molar-refractivity contribution < 1.29 is 18.7 Å². The average Bonchev–Trinajstić information content (AvgIpc) is 3.09. The van der Waals surface area contributed by atoms with E-state index < -0.39 is 12.0 Å². The van der Waals surface area contributed by atoms with Crippen LogP contribution in [0, 0.1) is 0 Å². The van der Waals surface area contributed by atoms with Gasteiger partial charge in [-0.3, -0.25) is 14.4 Å². The minimum atomic E-state index is -2.73. The van der Waals surface area contributed by atoms with Crippen LogP contribution in [0.2, 0.25) is 0 Å². The van der Waals surface area contributed by atoms with E-state index in [1.54, 1.807) is 27.7 Å². The first-order valence-electron chi connectivity index (χ1n) is 7.92. The lowest BCUT2D eigenvalue weighted by molar-refractivity contribution is 0.00296. The van der Waals surface area contributed by atoms with Crippen LogP contribution in [0.5, 0.6) is 0 Å². The van der Waals surface area contributed by atoms with Gasteiger partial charge in [0.1, 0.15) is 0 Å². The van der Waals surface area contributed by atoms with E-state index in [-0.39, 0.29) is 31.5 Å². The molecule has 1 aromatic rings. The number of aryl methyl sites for hydroxylation is 1. The fourth-order valence-electron chi connectivity index (χ4n) is 3.63. The Bertz CT molecular complexity index is 570. The molecule has 1 atom stereocenters. The molecule has 0 radical (unpaired) electrons. The van der Waals surface area contributed by atoms with Crippen molar-refractivity contribution in [2.45, 2.75) is 37.3 Å². The van der Waals surface area contributed by atoms with Gasteiger partial charge in [-0.05, 0) is 12.8 Å². The molecule has 2 saturated heterocycles. The van der Waals surface area contributed by atoms with Gasteiger partial charge in [0.15, 0.2) is 0 Å². The molecule has 0 aliphatic carbocycles. The van der Waals surface area contributed by atoms with Crippen LogP contribution >= 0.6 is 0 Å². The Morgan fingerprint density at radius 3 is 2.70 bits per heavy atom. The van der Waals surface area contributed by atoms with Gasteiger partial charge in [-0.15, -0.1) is 0 Å². The van der Waals surface area contributed by atoms with E-state index >= 15 is 0 Å². The van der Waals surface area contributed by atoms with E-state index in [0.717, 1.165) is 0 Å². The number of carbonyl (C=O) groups excluding carboxylic acids is 1. The molecule has 3 heterocycles. The molecule has 0 aromatic carbocycles. The fraction of sp³-hybridized carbons (Fsp3) is 0.733. The summed E-state index contributed by atoms with van der Waals surface area (Å²) in [5.74, 6) is -2.79. The van der Waals surface area contributed by atoms with Crippen LogP contribution in [0.1, 0.15) is 29.6 Å². The Hall–Kier alpha value is -1.54. The molecule has 2 aliphatic rings. The first-order valence-corrected chi connectivity index (χ1v) is 7.92. The van der Waals surface area contributed by atoms with Crippen molar-refractivity contribution in [3.63, 3.8) is 0 Å². The van der Waals surface area contributed by atoms with Crippen LogP contribution in [0.3, 0.4) is 0 Å². The van der Waals surface area contributed by atoms with E-state index in [1.165, 1.54) is 6.20 Å². The molecule has 2 aliphatic heterocycles. The lowest BCUT2D eigenvalue weighted by atomic mass is 10.0. The third-order valence-electron chi connectivity index (χ3n) is 4.80. The number of piperidine rings is 1. The quantitative estimate of drug-likeness (QED) is 0.888. The second kappa shape index (κ2) is 6.16. The second-order valence-electron chi connectivity index (χ2n) is 6.49. The predicted octanol–water partition coefficient (Wildman–Crippen LogP) is 0.727. The van der Waals surface area contributed by atoms with Crippen molar-refractivity contribution in [1.82, 2.24) is 19.6 Å². The number of hydrogen-bond acceptors (Lipinski definition) is 4. The summed E-state index contributed by atoms with van der Waals surface area (Å²) in [4.78, 5) is 15.8. The van der Waals surface area contributed by atoms with Crippen molar-refractivity contribution >= 4 is 5.91 Å². The summed E-state index contributed by atoms with van der Waals surface area (Å²) in [6.07, 6.45) is 4.24. The van der Waals surface area contributed by atoms with Gasteiger partial charge in [0, 0.05) is 44.8 Å². The number of alkyl halides is 2. The minimum absolute atomic E-state index is 0.00141. The topological polar surface area (TPSA) is 61.6 Å². The highest BCUT2D eigenvalue weighted by Gasteiger charge is 2.47. The summed E-state index contributed by atoms with van der Waals surface area (Å²) in [6, 6.07) is -0.478. The van der Waals surface area contributed by atoms with Crippen LogP contribution in [-0.4, -0.2) is 74.8 Å². The molecule has 1 amide bonds. The zero-order valence-electron chi connectivity index (χ0n) is 13.2. The predicted molar refractivity (Wildman–Crippen MR) is 79.3 cm³/mol. The highest BCUT2D eigenvalue weighted by Crippen LogP contribution is 2.35. The van der Waals surface area contributed by atoms with Gasteiger partial charge in [-0.1, -0.05) is 0 Å². The number of aliphatic hydroxyl groups excluding tert-OH is 1. The van der Waals surface area contributed by atoms with E-state index in [1.807, 2.05) is 0 Å². The molecule has 23 heavy (non-hydrogen) atoms. The first-order chi connectivity index (χ1) is 10.9. The highest BCUT2D eigenvalue weighted by atomic mass is 19.3. The molecule has 0 unspecified atom stereocenters. The average molecular weight is 328 g/mol. The zero-order valence-corrected chi connectivity index (χ0v) is 13.2. The maximum absolute atomic E-state index is 13.6. The summed E-state index contributed by atoms with van der Waals surface area (Å²) >= 11 is 0. The number of carbonyl (C=O) groups is 1. The third kappa shape index (κ3) is 3.37. The van der Waals surface area contributed by atoms with Crippen molar-refractivity contribution in [2.24, 2.45) is 7.05 Å². The van der Waals surface area contributed by atoms with Crippen molar-refractivity contribution in [3.8, 4) is 0 Å². The van der Waals surface area contributed by atoms with E-state index in [2.05, 4.69) is 5.10 Å². The zero-order chi connectivity index (χ0) is 16.6. The van der Waals surface area contributed by atoms with Gasteiger partial charge >= 0.3 is 0 Å². The van der Waals surface area contributed by atoms with Crippen molar-refractivity contribution in [1.29, 1.82) is 0 Å². The molecule has 0 bridgehead atoms. The van der Waals surface area contributed by atoms with Crippen LogP contribution in [0.25, 0.3) is 0 Å². The molecule has 1 aromatic heterocycles. The van der Waals surface area contributed by atoms with Gasteiger partial charge in [0.25, 0.3) is 11.8 Å². The lowest BCUT2D eigenvalue weighted by Crippen LogP contribution is -2.49. The second-order valence-corrected chi connectivity index (χ2v) is 6.49. The maximum Gasteiger partial charge on any atom is 0.262 e. The Balaban J connectivity index is 1.59. The van der Waals surface area contributed by atoms with E-state index in [4.69, 9.17) is 0 Å². The molecular formula is C15H22F2N4O2. The summed E-state index contributed by atoms with van der Waals surface area (Å²) in [5, 5.41) is 13.3. The number of aliphatic hydroxyl groups is 1. The normalized spacial score (nSPS) is 25.9. The summed E-state index contributed by atoms with van der Waals surface area (Å²) < 4.78 is 28.8. The highest BCUT2D eigenvalue weighted by molar-refractivity contribution is 5.93. The smallest absolute Gasteiger partial charge is 0.262 e. The molecular weight excluding hydrogens is 306 g/mol. The van der Waals surface area contributed by atoms with E-state index in [9.17, 15) is 18.7 Å². The molecule has 0 saturated carbocycles. The minimum Gasteiger partial charge on any atom is -0.395 e. The van der Waals surface area contributed by atoms with Gasteiger partial charge < -0.3 is 10.0 Å². The Kier molecular flexibility index (Phi) is 4.37. The number of rotatable bonds is 3. The molecule has 1 N–H and O–H groups in total. The Morgan fingerprint density at radius 1 is 1.43 bits per heavy atom. The monoisotopic (exact) mass is 328 g/mol. The number of hydrogen-bond donors (Lipinski definition) is 1. The number of aromatic nitrogens is 2. The van der Waals surface area contributed by atoms with Gasteiger partial charge in [0.05, 0.1) is 24.9 Å². The Morgan fingerprint density at radius 2 is 2.13 bits per heavy atom. The molecule has 2 fully saturated rings. The van der Waals surface area contributed by atoms with Gasteiger partial charge in [-0.25, -0.2) is 8.78 Å². The molecule has 3 rings (SSSR count). The number of amides is 1. The largest absolute Gasteiger partial charge is 0.395 e. The van der Waals surface area contributed by atoms with Crippen LogP contribution in [0.15, 0.2) is 12.4 Å². The number of nitrogens with zero attached hydrogens (tertiary/aromatic N) is 4. The SMILES string of the molecule is Cn1cc(C(=O)N2CCC(N3CC(F)(F)C[C@H]3CO)CC2)cn1. The maximum atomic E-state index is 13.6. The summed E-state index contributed by atoms with van der Waals surface area (Å²) in [5.41, 5.74) is 0.548. The van der Waals surface area contributed by atoms with Crippen LogP contribution < -0.4 is 0 Å². The van der Waals surface area contributed by atoms with Gasteiger partial charge in [0.2, 0.25) is 0 Å². The lowest BCUT2D eigenvalue weighted by Gasteiger charge is -2.38. The summed E-state index contributed by atoms with van der Waals surface area (Å²) in [6.45, 7) is 0.543. The van der Waals surface area contributed by atoms with Crippen molar-refractivity contribution in [2.75, 3.05) is 26.2 Å². The standard InChI is InChI=1S/C15H22F2N4O2/c1-19-8-11(7-18-19)14(23)20-4-2-12(3-5-20)21-10-15(16,17)6-13(21)9-22/h7-8,12-13,22H,2-6,9-10H2,1H3/t13-/m0/s1. The van der Waals surface area contributed by atoms with Gasteiger partial charge in [-0.2, -0.15) is 5.10 Å². The third-order valence-corrected chi connectivity index (χ3v) is 4.80. The molecule has 8 heteroatoms.